The van der Waals surface area contributed by atoms with Gasteiger partial charge in [-0.2, -0.15) is 0 Å². The molecule has 9 nitrogen and oxygen atoms in total. The number of amides is 2. The molecule has 2 amide bonds. The summed E-state index contributed by atoms with van der Waals surface area (Å²) in [5.41, 5.74) is 1.38. The smallest absolute Gasteiger partial charge is 0.293 e. The Morgan fingerprint density at radius 1 is 1.03 bits per heavy atom. The second-order valence-corrected chi connectivity index (χ2v) is 9.02. The summed E-state index contributed by atoms with van der Waals surface area (Å²) in [7, 11) is 1.47. The highest BCUT2D eigenvalue weighted by atomic mass is 32.2. The number of nitro groups is 1. The van der Waals surface area contributed by atoms with Crippen molar-refractivity contribution in [3.63, 3.8) is 0 Å². The Bertz CT molecular complexity index is 1560. The van der Waals surface area contributed by atoms with Crippen LogP contribution in [0.25, 0.3) is 16.8 Å². The Kier molecular flexibility index (Phi) is 6.57. The van der Waals surface area contributed by atoms with Crippen molar-refractivity contribution in [2.75, 3.05) is 7.11 Å². The summed E-state index contributed by atoms with van der Waals surface area (Å²) in [5.74, 6) is 0.498. The lowest BCUT2D eigenvalue weighted by molar-refractivity contribution is -0.385. The van der Waals surface area contributed by atoms with Gasteiger partial charge in [0.05, 0.1) is 23.5 Å². The molecule has 0 saturated carbocycles. The maximum atomic E-state index is 13.1. The fourth-order valence-corrected chi connectivity index (χ4v) is 4.74. The van der Waals surface area contributed by atoms with E-state index >= 15 is 0 Å². The molecule has 37 heavy (non-hydrogen) atoms. The molecule has 0 bridgehead atoms. The number of benzene rings is 3. The molecule has 1 aliphatic heterocycles. The molecule has 0 spiro atoms. The lowest BCUT2D eigenvalue weighted by atomic mass is 10.0. The van der Waals surface area contributed by atoms with Crippen LogP contribution in [0.4, 0.5) is 10.5 Å². The van der Waals surface area contributed by atoms with Crippen molar-refractivity contribution in [3.8, 4) is 17.4 Å². The van der Waals surface area contributed by atoms with Gasteiger partial charge in [-0.15, -0.1) is 0 Å². The quantitative estimate of drug-likeness (QED) is 0.164. The third-order valence-electron chi connectivity index (χ3n) is 5.71. The summed E-state index contributed by atoms with van der Waals surface area (Å²) in [4.78, 5) is 41.6. The molecule has 1 fully saturated rings. The fourth-order valence-electron chi connectivity index (χ4n) is 3.90. The zero-order chi connectivity index (χ0) is 25.9. The van der Waals surface area contributed by atoms with E-state index in [1.54, 1.807) is 24.3 Å². The van der Waals surface area contributed by atoms with Gasteiger partial charge >= 0.3 is 0 Å². The molecule has 0 aliphatic carbocycles. The number of hydrogen-bond donors (Lipinski definition) is 0. The van der Waals surface area contributed by atoms with Crippen molar-refractivity contribution >= 4 is 45.4 Å². The highest BCUT2D eigenvalue weighted by Gasteiger charge is 2.35. The number of carbonyl (C=O) groups is 2. The van der Waals surface area contributed by atoms with Crippen LogP contribution in [0.2, 0.25) is 0 Å². The van der Waals surface area contributed by atoms with Crippen molar-refractivity contribution in [1.29, 1.82) is 0 Å². The van der Waals surface area contributed by atoms with Crippen LogP contribution >= 0.6 is 11.8 Å². The number of ether oxygens (including phenoxy) is 2. The molecular formula is C27H19N3O6S. The molecule has 5 rings (SSSR count). The van der Waals surface area contributed by atoms with Gasteiger partial charge in [-0.25, -0.2) is 4.98 Å². The van der Waals surface area contributed by atoms with E-state index in [4.69, 9.17) is 9.47 Å². The zero-order valence-corrected chi connectivity index (χ0v) is 20.3. The normalized spacial score (nSPS) is 14.4. The number of thioether (sulfide) groups is 1. The minimum absolute atomic E-state index is 0.149. The minimum atomic E-state index is -0.546. The highest BCUT2D eigenvalue weighted by Crippen LogP contribution is 2.37. The van der Waals surface area contributed by atoms with Crippen LogP contribution in [0.5, 0.6) is 17.4 Å². The van der Waals surface area contributed by atoms with Crippen molar-refractivity contribution in [1.82, 2.24) is 9.88 Å². The number of carbonyl (C=O) groups excluding carboxylic acids is 2. The predicted octanol–water partition coefficient (Wildman–Crippen LogP) is 6.18. The Labute approximate surface area is 215 Å². The number of nitrogens with zero attached hydrogens (tertiary/aromatic N) is 3. The van der Waals surface area contributed by atoms with Crippen LogP contribution < -0.4 is 9.47 Å². The number of pyridine rings is 1. The summed E-state index contributed by atoms with van der Waals surface area (Å²) in [6, 6.07) is 21.3. The highest BCUT2D eigenvalue weighted by molar-refractivity contribution is 8.18. The summed E-state index contributed by atoms with van der Waals surface area (Å²) in [6.45, 7) is 0.182. The zero-order valence-electron chi connectivity index (χ0n) is 19.5. The lowest BCUT2D eigenvalue weighted by Gasteiger charge is -2.14. The maximum absolute atomic E-state index is 13.1. The van der Waals surface area contributed by atoms with Crippen LogP contribution in [0.15, 0.2) is 83.9 Å². The molecule has 0 radical (unpaired) electrons. The van der Waals surface area contributed by atoms with Gasteiger partial charge in [0.2, 0.25) is 5.88 Å². The number of fused-ring (bicyclic) bond motifs is 1. The fraction of sp³-hybridized carbons (Fsp3) is 0.0741. The molecule has 0 unspecified atom stereocenters. The van der Waals surface area contributed by atoms with E-state index in [2.05, 4.69) is 4.98 Å². The van der Waals surface area contributed by atoms with E-state index in [-0.39, 0.29) is 29.3 Å². The first kappa shape index (κ1) is 24.0. The van der Waals surface area contributed by atoms with E-state index in [9.17, 15) is 19.7 Å². The molecule has 3 aromatic carbocycles. The average molecular weight is 514 g/mol. The van der Waals surface area contributed by atoms with Gasteiger partial charge in [0.1, 0.15) is 6.20 Å². The van der Waals surface area contributed by atoms with Crippen LogP contribution in [0.1, 0.15) is 11.1 Å². The molecular weight excluding hydrogens is 494 g/mol. The summed E-state index contributed by atoms with van der Waals surface area (Å²) in [6.07, 6.45) is 2.73. The van der Waals surface area contributed by atoms with Crippen molar-refractivity contribution in [2.45, 2.75) is 6.54 Å². The Hall–Kier alpha value is -4.70. The number of rotatable bonds is 7. The van der Waals surface area contributed by atoms with Gasteiger partial charge in [0.15, 0.2) is 11.5 Å². The molecule has 0 N–H and O–H groups in total. The summed E-state index contributed by atoms with van der Waals surface area (Å²) in [5, 5.41) is 12.5. The summed E-state index contributed by atoms with van der Waals surface area (Å²) >= 11 is 0.887. The van der Waals surface area contributed by atoms with Crippen molar-refractivity contribution in [2.24, 2.45) is 0 Å². The molecule has 1 aliphatic rings. The van der Waals surface area contributed by atoms with E-state index in [0.717, 1.165) is 34.3 Å². The molecule has 4 aromatic rings. The molecule has 1 saturated heterocycles. The largest absolute Gasteiger partial charge is 0.493 e. The van der Waals surface area contributed by atoms with Crippen LogP contribution in [0.3, 0.4) is 0 Å². The maximum Gasteiger partial charge on any atom is 0.293 e. The SMILES string of the molecule is COc1cc(/C=C2\SC(=O)N(Cc3cccc4ccccc34)C2=O)ccc1Oc1ccc([N+](=O)[O-])cn1. The number of aromatic nitrogens is 1. The van der Waals surface area contributed by atoms with Crippen molar-refractivity contribution in [3.05, 3.63) is 105 Å². The van der Waals surface area contributed by atoms with Crippen LogP contribution in [-0.4, -0.2) is 33.1 Å². The molecule has 10 heteroatoms. The molecule has 184 valence electrons. The molecule has 0 atom stereocenters. The van der Waals surface area contributed by atoms with Crippen LogP contribution in [0, 0.1) is 10.1 Å². The number of methoxy groups -OCH3 is 1. The van der Waals surface area contributed by atoms with Crippen LogP contribution in [-0.2, 0) is 11.3 Å². The van der Waals surface area contributed by atoms with Gasteiger partial charge in [0, 0.05) is 12.1 Å². The minimum Gasteiger partial charge on any atom is -0.493 e. The first-order valence-corrected chi connectivity index (χ1v) is 11.9. The van der Waals surface area contributed by atoms with E-state index in [1.807, 2.05) is 42.5 Å². The van der Waals surface area contributed by atoms with E-state index in [1.165, 1.54) is 24.1 Å². The Morgan fingerprint density at radius 3 is 2.59 bits per heavy atom. The second kappa shape index (κ2) is 10.1. The van der Waals surface area contributed by atoms with Gasteiger partial charge in [0.25, 0.3) is 16.8 Å². The van der Waals surface area contributed by atoms with Crippen molar-refractivity contribution < 1.29 is 24.0 Å². The number of imide groups is 1. The topological polar surface area (TPSA) is 112 Å². The average Bonchev–Trinajstić information content (AvgIpc) is 3.17. The monoisotopic (exact) mass is 513 g/mol. The van der Waals surface area contributed by atoms with Gasteiger partial charge in [-0.3, -0.25) is 24.6 Å². The Morgan fingerprint density at radius 2 is 1.84 bits per heavy atom. The van der Waals surface area contributed by atoms with Gasteiger partial charge in [-0.1, -0.05) is 48.5 Å². The standard InChI is InChI=1S/C27H19N3O6S/c1-35-23-13-17(9-11-22(23)36-25-12-10-20(15-28-25)30(33)34)14-24-26(31)29(27(32)37-24)16-19-7-4-6-18-5-2-3-8-21(18)19/h2-15H,16H2,1H3/b24-14-. The molecule has 1 aromatic heterocycles. The molecule has 2 heterocycles. The third kappa shape index (κ3) is 5.00. The summed E-state index contributed by atoms with van der Waals surface area (Å²) < 4.78 is 11.1. The van der Waals surface area contributed by atoms with Gasteiger partial charge in [-0.05, 0) is 51.9 Å². The lowest BCUT2D eigenvalue weighted by Crippen LogP contribution is -2.27. The first-order chi connectivity index (χ1) is 17.9. The second-order valence-electron chi connectivity index (χ2n) is 8.03. The van der Waals surface area contributed by atoms with E-state index < -0.39 is 4.92 Å². The van der Waals surface area contributed by atoms with E-state index in [0.29, 0.717) is 22.0 Å². The number of hydrogen-bond acceptors (Lipinski definition) is 8. The third-order valence-corrected chi connectivity index (χ3v) is 6.62. The Balaban J connectivity index is 1.35. The van der Waals surface area contributed by atoms with Gasteiger partial charge < -0.3 is 9.47 Å². The first-order valence-electron chi connectivity index (χ1n) is 11.1. The predicted molar refractivity (Wildman–Crippen MR) is 139 cm³/mol.